The third-order valence-electron chi connectivity index (χ3n) is 3.52. The Labute approximate surface area is 116 Å². The highest BCUT2D eigenvalue weighted by molar-refractivity contribution is 5.94. The van der Waals surface area contributed by atoms with Crippen molar-refractivity contribution in [1.82, 2.24) is 0 Å². The molecule has 0 amide bonds. The number of aromatic carboxylic acids is 1. The van der Waals surface area contributed by atoms with Gasteiger partial charge in [0.2, 0.25) is 5.76 Å². The monoisotopic (exact) mass is 276 g/mol. The van der Waals surface area contributed by atoms with Crippen LogP contribution in [-0.2, 0) is 16.1 Å². The molecular formula is C15H16O5. The van der Waals surface area contributed by atoms with Crippen LogP contribution in [0.25, 0.3) is 11.0 Å². The van der Waals surface area contributed by atoms with Crippen LogP contribution in [0.1, 0.15) is 29.0 Å². The summed E-state index contributed by atoms with van der Waals surface area (Å²) < 4.78 is 16.5. The number of carboxylic acids is 1. The summed E-state index contributed by atoms with van der Waals surface area (Å²) in [5, 5.41) is 10.0. The second kappa shape index (κ2) is 5.64. The molecule has 1 aromatic heterocycles. The number of para-hydroxylation sites is 1. The van der Waals surface area contributed by atoms with Crippen molar-refractivity contribution >= 4 is 16.9 Å². The first kappa shape index (κ1) is 13.1. The van der Waals surface area contributed by atoms with Gasteiger partial charge in [-0.1, -0.05) is 18.2 Å². The molecule has 0 bridgehead atoms. The van der Waals surface area contributed by atoms with Gasteiger partial charge in [0.1, 0.15) is 5.58 Å². The van der Waals surface area contributed by atoms with Crippen molar-refractivity contribution in [1.29, 1.82) is 0 Å². The highest BCUT2D eigenvalue weighted by Gasteiger charge is 2.22. The van der Waals surface area contributed by atoms with Gasteiger partial charge < -0.3 is 19.0 Å². The van der Waals surface area contributed by atoms with Gasteiger partial charge >= 0.3 is 5.97 Å². The highest BCUT2D eigenvalue weighted by Crippen LogP contribution is 2.27. The van der Waals surface area contributed by atoms with E-state index in [0.29, 0.717) is 24.4 Å². The summed E-state index contributed by atoms with van der Waals surface area (Å²) in [5.41, 5.74) is 1.19. The molecule has 0 atom stereocenters. The van der Waals surface area contributed by atoms with Crippen molar-refractivity contribution in [2.45, 2.75) is 25.6 Å². The molecule has 3 rings (SSSR count). The Kier molecular flexibility index (Phi) is 3.71. The third-order valence-corrected chi connectivity index (χ3v) is 3.52. The molecule has 1 N–H and O–H groups in total. The standard InChI is InChI=1S/C15H16O5/c16-15(17)14-12(9-19-10-5-7-18-8-6-10)11-3-1-2-4-13(11)20-14/h1-4,10H,5-9H2,(H,16,17). The predicted molar refractivity (Wildman–Crippen MR) is 71.8 cm³/mol. The Bertz CT molecular complexity index is 610. The van der Waals surface area contributed by atoms with Crippen LogP contribution >= 0.6 is 0 Å². The van der Waals surface area contributed by atoms with Crippen molar-refractivity contribution in [2.24, 2.45) is 0 Å². The Balaban J connectivity index is 1.84. The van der Waals surface area contributed by atoms with Crippen LogP contribution in [0.5, 0.6) is 0 Å². The van der Waals surface area contributed by atoms with Crippen LogP contribution in [0.4, 0.5) is 0 Å². The Hall–Kier alpha value is -1.85. The lowest BCUT2D eigenvalue weighted by Gasteiger charge is -2.22. The first-order chi connectivity index (χ1) is 9.75. The first-order valence-electron chi connectivity index (χ1n) is 6.69. The molecule has 0 saturated carbocycles. The molecule has 0 spiro atoms. The molecule has 2 heterocycles. The number of benzene rings is 1. The molecule has 1 aromatic carbocycles. The predicted octanol–water partition coefficient (Wildman–Crippen LogP) is 2.83. The zero-order valence-electron chi connectivity index (χ0n) is 11.0. The molecule has 1 fully saturated rings. The summed E-state index contributed by atoms with van der Waals surface area (Å²) in [7, 11) is 0. The van der Waals surface area contributed by atoms with Crippen LogP contribution in [0.2, 0.25) is 0 Å². The second-order valence-corrected chi connectivity index (χ2v) is 4.83. The number of ether oxygens (including phenoxy) is 2. The van der Waals surface area contributed by atoms with Crippen molar-refractivity contribution in [3.8, 4) is 0 Å². The number of carbonyl (C=O) groups is 1. The van der Waals surface area contributed by atoms with Crippen molar-refractivity contribution < 1.29 is 23.8 Å². The summed E-state index contributed by atoms with van der Waals surface area (Å²) in [6.45, 7) is 1.65. The number of carboxylic acid groups (broad SMARTS) is 1. The SMILES string of the molecule is O=C(O)c1oc2ccccc2c1COC1CCOCC1. The summed E-state index contributed by atoms with van der Waals surface area (Å²) in [6, 6.07) is 7.30. The maximum Gasteiger partial charge on any atom is 0.372 e. The van der Waals surface area contributed by atoms with E-state index in [1.54, 1.807) is 6.07 Å². The molecule has 5 nitrogen and oxygen atoms in total. The molecule has 1 aliphatic rings. The fraction of sp³-hybridized carbons (Fsp3) is 0.400. The van der Waals surface area contributed by atoms with Crippen molar-refractivity contribution in [3.05, 3.63) is 35.6 Å². The lowest BCUT2D eigenvalue weighted by molar-refractivity contribution is -0.0391. The van der Waals surface area contributed by atoms with E-state index < -0.39 is 5.97 Å². The molecule has 1 saturated heterocycles. The molecule has 0 radical (unpaired) electrons. The van der Waals surface area contributed by atoms with E-state index in [1.165, 1.54) is 0 Å². The number of hydrogen-bond acceptors (Lipinski definition) is 4. The van der Waals surface area contributed by atoms with Gasteiger partial charge in [0.05, 0.1) is 12.7 Å². The fourth-order valence-electron chi connectivity index (χ4n) is 2.46. The van der Waals surface area contributed by atoms with E-state index in [0.717, 1.165) is 18.2 Å². The molecule has 0 aliphatic carbocycles. The molecule has 2 aromatic rings. The van der Waals surface area contributed by atoms with Gasteiger partial charge in [0, 0.05) is 24.2 Å². The number of fused-ring (bicyclic) bond motifs is 1. The smallest absolute Gasteiger partial charge is 0.372 e. The van der Waals surface area contributed by atoms with Crippen molar-refractivity contribution in [3.63, 3.8) is 0 Å². The maximum atomic E-state index is 11.3. The van der Waals surface area contributed by atoms with Crippen LogP contribution in [0.3, 0.4) is 0 Å². The molecule has 20 heavy (non-hydrogen) atoms. The van der Waals surface area contributed by atoms with Gasteiger partial charge in [-0.2, -0.15) is 0 Å². The minimum absolute atomic E-state index is 0.0294. The number of rotatable bonds is 4. The maximum absolute atomic E-state index is 11.3. The summed E-state index contributed by atoms with van der Waals surface area (Å²) in [6.07, 6.45) is 1.81. The molecule has 5 heteroatoms. The van der Waals surface area contributed by atoms with E-state index in [-0.39, 0.29) is 18.5 Å². The quantitative estimate of drug-likeness (QED) is 0.929. The van der Waals surface area contributed by atoms with Crippen LogP contribution in [0, 0.1) is 0 Å². The topological polar surface area (TPSA) is 68.9 Å². The van der Waals surface area contributed by atoms with Gasteiger partial charge in [-0.25, -0.2) is 4.79 Å². The number of hydrogen-bond donors (Lipinski definition) is 1. The summed E-state index contributed by atoms with van der Waals surface area (Å²) in [5.74, 6) is -1.09. The average molecular weight is 276 g/mol. The molecule has 1 aliphatic heterocycles. The van der Waals surface area contributed by atoms with E-state index in [9.17, 15) is 9.90 Å². The van der Waals surface area contributed by atoms with Gasteiger partial charge in [-0.15, -0.1) is 0 Å². The molecule has 0 unspecified atom stereocenters. The van der Waals surface area contributed by atoms with Gasteiger partial charge in [-0.05, 0) is 18.9 Å². The van der Waals surface area contributed by atoms with Crippen LogP contribution in [0.15, 0.2) is 28.7 Å². The van der Waals surface area contributed by atoms with Gasteiger partial charge in [0.15, 0.2) is 0 Å². The normalized spacial score (nSPS) is 16.6. The second-order valence-electron chi connectivity index (χ2n) is 4.83. The lowest BCUT2D eigenvalue weighted by atomic mass is 10.1. The van der Waals surface area contributed by atoms with E-state index in [4.69, 9.17) is 13.9 Å². The minimum atomic E-state index is -1.06. The molecular weight excluding hydrogens is 260 g/mol. The summed E-state index contributed by atoms with van der Waals surface area (Å²) >= 11 is 0. The fourth-order valence-corrected chi connectivity index (χ4v) is 2.46. The largest absolute Gasteiger partial charge is 0.475 e. The Morgan fingerprint density at radius 3 is 2.80 bits per heavy atom. The summed E-state index contributed by atoms with van der Waals surface area (Å²) in [4.78, 5) is 11.3. The minimum Gasteiger partial charge on any atom is -0.475 e. The van der Waals surface area contributed by atoms with Crippen molar-refractivity contribution in [2.75, 3.05) is 13.2 Å². The number of furan rings is 1. The third kappa shape index (κ3) is 2.55. The van der Waals surface area contributed by atoms with Gasteiger partial charge in [-0.3, -0.25) is 0 Å². The van der Waals surface area contributed by atoms with Gasteiger partial charge in [0.25, 0.3) is 0 Å². The Morgan fingerprint density at radius 1 is 1.30 bits per heavy atom. The van der Waals surface area contributed by atoms with Crippen LogP contribution < -0.4 is 0 Å². The lowest BCUT2D eigenvalue weighted by Crippen LogP contribution is -2.23. The van der Waals surface area contributed by atoms with E-state index in [2.05, 4.69) is 0 Å². The van der Waals surface area contributed by atoms with E-state index in [1.807, 2.05) is 18.2 Å². The zero-order chi connectivity index (χ0) is 13.9. The Morgan fingerprint density at radius 2 is 2.05 bits per heavy atom. The van der Waals surface area contributed by atoms with Crippen LogP contribution in [-0.4, -0.2) is 30.4 Å². The first-order valence-corrected chi connectivity index (χ1v) is 6.69. The zero-order valence-corrected chi connectivity index (χ0v) is 11.0. The highest BCUT2D eigenvalue weighted by atomic mass is 16.5. The average Bonchev–Trinajstić information content (AvgIpc) is 2.85. The van der Waals surface area contributed by atoms with E-state index >= 15 is 0 Å². The molecule has 106 valence electrons.